The van der Waals surface area contributed by atoms with E-state index in [-0.39, 0.29) is 12.5 Å². The minimum atomic E-state index is -0.901. The number of carboxylic acid groups (broad SMARTS) is 1. The fraction of sp³-hybridized carbons (Fsp3) is 0.333. The van der Waals surface area contributed by atoms with Crippen molar-refractivity contribution in [1.82, 2.24) is 5.32 Å². The summed E-state index contributed by atoms with van der Waals surface area (Å²) >= 11 is 0. The van der Waals surface area contributed by atoms with Gasteiger partial charge in [0.05, 0.1) is 25.3 Å². The van der Waals surface area contributed by atoms with E-state index in [0.717, 1.165) is 5.56 Å². The normalized spacial score (nSPS) is 14.1. The number of carbonyl (C=O) groups is 2. The van der Waals surface area contributed by atoms with E-state index in [0.29, 0.717) is 31.0 Å². The minimum absolute atomic E-state index is 0.0793. The zero-order valence-corrected chi connectivity index (χ0v) is 9.73. The molecule has 1 aliphatic rings. The maximum absolute atomic E-state index is 11.4. The highest BCUT2D eigenvalue weighted by Crippen LogP contribution is 2.27. The number of anilines is 1. The molecule has 1 heterocycles. The van der Waals surface area contributed by atoms with Crippen LogP contribution < -0.4 is 15.4 Å². The topological polar surface area (TPSA) is 87.7 Å². The van der Waals surface area contributed by atoms with E-state index in [1.54, 1.807) is 12.1 Å². The van der Waals surface area contributed by atoms with Gasteiger partial charge in [-0.25, -0.2) is 0 Å². The summed E-state index contributed by atoms with van der Waals surface area (Å²) in [5.41, 5.74) is 1.52. The Balaban J connectivity index is 2.06. The first-order valence-corrected chi connectivity index (χ1v) is 5.63. The number of carboxylic acids is 1. The van der Waals surface area contributed by atoms with E-state index < -0.39 is 5.97 Å². The van der Waals surface area contributed by atoms with Crippen molar-refractivity contribution in [3.63, 3.8) is 0 Å². The molecule has 0 aliphatic carbocycles. The fourth-order valence-electron chi connectivity index (χ4n) is 1.69. The summed E-state index contributed by atoms with van der Waals surface area (Å²) in [6.45, 7) is 0.699. The Bertz CT molecular complexity index is 473. The number of rotatable bonds is 4. The third-order valence-electron chi connectivity index (χ3n) is 2.51. The quantitative estimate of drug-likeness (QED) is 0.727. The Labute approximate surface area is 104 Å². The first kappa shape index (κ1) is 12.4. The van der Waals surface area contributed by atoms with Crippen molar-refractivity contribution in [1.29, 1.82) is 0 Å². The van der Waals surface area contributed by atoms with E-state index in [2.05, 4.69) is 10.6 Å². The standard InChI is InChI=1S/C12H14N2O4/c15-11-3-4-18-10-2-1-8(5-9(10)14-11)6-13-7-12(16)17/h1-2,5,13H,3-4,6-7H2,(H,14,15)(H,16,17). The Morgan fingerprint density at radius 2 is 2.33 bits per heavy atom. The van der Waals surface area contributed by atoms with Gasteiger partial charge in [0.2, 0.25) is 5.91 Å². The van der Waals surface area contributed by atoms with Crippen LogP contribution in [0, 0.1) is 0 Å². The summed E-state index contributed by atoms with van der Waals surface area (Å²) in [4.78, 5) is 21.7. The maximum atomic E-state index is 11.4. The van der Waals surface area contributed by atoms with E-state index in [9.17, 15) is 9.59 Å². The van der Waals surface area contributed by atoms with E-state index in [1.807, 2.05) is 6.07 Å². The molecular formula is C12H14N2O4. The van der Waals surface area contributed by atoms with Crippen LogP contribution in [0.3, 0.4) is 0 Å². The third kappa shape index (κ3) is 3.21. The van der Waals surface area contributed by atoms with Crippen LogP contribution >= 0.6 is 0 Å². The molecule has 0 radical (unpaired) electrons. The van der Waals surface area contributed by atoms with Gasteiger partial charge in [-0.1, -0.05) is 6.07 Å². The maximum Gasteiger partial charge on any atom is 0.317 e. The molecule has 0 saturated carbocycles. The van der Waals surface area contributed by atoms with Gasteiger partial charge in [-0.3, -0.25) is 9.59 Å². The number of ether oxygens (including phenoxy) is 1. The number of nitrogens with one attached hydrogen (secondary N) is 2. The van der Waals surface area contributed by atoms with E-state index >= 15 is 0 Å². The van der Waals surface area contributed by atoms with Crippen molar-refractivity contribution >= 4 is 17.6 Å². The second-order valence-electron chi connectivity index (χ2n) is 3.97. The number of carbonyl (C=O) groups excluding carboxylic acids is 1. The van der Waals surface area contributed by atoms with Crippen LogP contribution in [0.15, 0.2) is 18.2 Å². The summed E-state index contributed by atoms with van der Waals surface area (Å²) in [5.74, 6) is -0.339. The van der Waals surface area contributed by atoms with Crippen molar-refractivity contribution in [3.05, 3.63) is 23.8 Å². The van der Waals surface area contributed by atoms with Crippen LogP contribution in [-0.4, -0.2) is 30.1 Å². The first-order chi connectivity index (χ1) is 8.65. The van der Waals surface area contributed by atoms with Crippen LogP contribution in [0.5, 0.6) is 5.75 Å². The largest absolute Gasteiger partial charge is 0.491 e. The lowest BCUT2D eigenvalue weighted by Gasteiger charge is -2.09. The SMILES string of the molecule is O=C(O)CNCc1ccc2c(c1)NC(=O)CCO2. The zero-order valence-electron chi connectivity index (χ0n) is 9.73. The van der Waals surface area contributed by atoms with Gasteiger partial charge >= 0.3 is 5.97 Å². The van der Waals surface area contributed by atoms with Gasteiger partial charge in [-0.15, -0.1) is 0 Å². The number of amides is 1. The predicted molar refractivity (Wildman–Crippen MR) is 64.5 cm³/mol. The molecule has 6 nitrogen and oxygen atoms in total. The van der Waals surface area contributed by atoms with Crippen molar-refractivity contribution < 1.29 is 19.4 Å². The van der Waals surface area contributed by atoms with Crippen molar-refractivity contribution in [3.8, 4) is 5.75 Å². The molecule has 0 bridgehead atoms. The minimum Gasteiger partial charge on any atom is -0.491 e. The molecule has 3 N–H and O–H groups in total. The molecule has 6 heteroatoms. The fourth-order valence-corrected chi connectivity index (χ4v) is 1.69. The molecule has 1 amide bonds. The highest BCUT2D eigenvalue weighted by Gasteiger charge is 2.13. The van der Waals surface area contributed by atoms with Crippen LogP contribution in [0.25, 0.3) is 0 Å². The lowest BCUT2D eigenvalue weighted by molar-refractivity contribution is -0.136. The van der Waals surface area contributed by atoms with E-state index in [4.69, 9.17) is 9.84 Å². The lowest BCUT2D eigenvalue weighted by atomic mass is 10.2. The number of aliphatic carboxylic acids is 1. The molecule has 0 spiro atoms. The first-order valence-electron chi connectivity index (χ1n) is 5.63. The molecule has 0 fully saturated rings. The average molecular weight is 250 g/mol. The molecule has 1 aromatic carbocycles. The second kappa shape index (κ2) is 5.50. The van der Waals surface area contributed by atoms with Gasteiger partial charge in [0.15, 0.2) is 0 Å². The van der Waals surface area contributed by atoms with Crippen LogP contribution in [0.2, 0.25) is 0 Å². The van der Waals surface area contributed by atoms with Gasteiger partial charge in [0, 0.05) is 6.54 Å². The Morgan fingerprint density at radius 3 is 3.11 bits per heavy atom. The molecule has 1 aliphatic heterocycles. The third-order valence-corrected chi connectivity index (χ3v) is 2.51. The molecule has 2 rings (SSSR count). The number of hydrogen-bond acceptors (Lipinski definition) is 4. The summed E-state index contributed by atoms with van der Waals surface area (Å²) in [6, 6.07) is 5.40. The van der Waals surface area contributed by atoms with Crippen molar-refractivity contribution in [2.75, 3.05) is 18.5 Å². The van der Waals surface area contributed by atoms with Crippen LogP contribution in [0.4, 0.5) is 5.69 Å². The summed E-state index contributed by atoms with van der Waals surface area (Å²) < 4.78 is 5.42. The summed E-state index contributed by atoms with van der Waals surface area (Å²) in [5, 5.41) is 14.1. The number of benzene rings is 1. The smallest absolute Gasteiger partial charge is 0.317 e. The molecule has 1 aromatic rings. The Hall–Kier alpha value is -2.08. The summed E-state index contributed by atoms with van der Waals surface area (Å²) in [6.07, 6.45) is 0.335. The van der Waals surface area contributed by atoms with Gasteiger partial charge in [0.25, 0.3) is 0 Å². The van der Waals surface area contributed by atoms with E-state index in [1.165, 1.54) is 0 Å². The van der Waals surface area contributed by atoms with Gasteiger partial charge in [0.1, 0.15) is 5.75 Å². The average Bonchev–Trinajstić information content (AvgIpc) is 2.48. The molecule has 0 aromatic heterocycles. The number of fused-ring (bicyclic) bond motifs is 1. The molecule has 96 valence electrons. The Kier molecular flexibility index (Phi) is 3.78. The van der Waals surface area contributed by atoms with Crippen LogP contribution in [0.1, 0.15) is 12.0 Å². The highest BCUT2D eigenvalue weighted by molar-refractivity contribution is 5.93. The zero-order chi connectivity index (χ0) is 13.0. The summed E-state index contributed by atoms with van der Waals surface area (Å²) in [7, 11) is 0. The molecule has 0 saturated heterocycles. The predicted octanol–water partition coefficient (Wildman–Crippen LogP) is 0.582. The highest BCUT2D eigenvalue weighted by atomic mass is 16.5. The number of hydrogen-bond donors (Lipinski definition) is 3. The van der Waals surface area contributed by atoms with Gasteiger partial charge in [-0.2, -0.15) is 0 Å². The molecule has 18 heavy (non-hydrogen) atoms. The monoisotopic (exact) mass is 250 g/mol. The molecule has 0 atom stereocenters. The Morgan fingerprint density at radius 1 is 1.50 bits per heavy atom. The molecule has 0 unspecified atom stereocenters. The molecular weight excluding hydrogens is 236 g/mol. The van der Waals surface area contributed by atoms with Gasteiger partial charge < -0.3 is 20.5 Å². The van der Waals surface area contributed by atoms with Crippen molar-refractivity contribution in [2.45, 2.75) is 13.0 Å². The van der Waals surface area contributed by atoms with Crippen molar-refractivity contribution in [2.24, 2.45) is 0 Å². The second-order valence-corrected chi connectivity index (χ2v) is 3.97. The van der Waals surface area contributed by atoms with Gasteiger partial charge in [-0.05, 0) is 17.7 Å². The lowest BCUT2D eigenvalue weighted by Crippen LogP contribution is -2.21. The van der Waals surface area contributed by atoms with Crippen LogP contribution in [-0.2, 0) is 16.1 Å².